The van der Waals surface area contributed by atoms with E-state index in [4.69, 9.17) is 5.11 Å². The molecular weight excluding hydrogens is 250 g/mol. The monoisotopic (exact) mass is 265 g/mol. The highest BCUT2D eigenvalue weighted by Gasteiger charge is 2.20. The van der Waals surface area contributed by atoms with E-state index in [9.17, 15) is 14.9 Å². The van der Waals surface area contributed by atoms with Crippen LogP contribution < -0.4 is 0 Å². The Morgan fingerprint density at radius 2 is 2.00 bits per heavy atom. The van der Waals surface area contributed by atoms with Crippen LogP contribution in [0.4, 0.5) is 10.5 Å². The topological polar surface area (TPSA) is 86.9 Å². The second-order valence-electron chi connectivity index (χ2n) is 4.47. The molecule has 0 radical (unpaired) electrons. The zero-order chi connectivity index (χ0) is 13.8. The molecule has 1 aliphatic heterocycles. The lowest BCUT2D eigenvalue weighted by atomic mass is 10.2. The summed E-state index contributed by atoms with van der Waals surface area (Å²) in [6.07, 6.45) is -0.894. The van der Waals surface area contributed by atoms with Crippen LogP contribution in [0.2, 0.25) is 0 Å². The van der Waals surface area contributed by atoms with Crippen molar-refractivity contribution in [2.45, 2.75) is 6.54 Å². The molecule has 0 saturated carbocycles. The summed E-state index contributed by atoms with van der Waals surface area (Å²) in [6.45, 7) is 2.85. The molecule has 0 atom stereocenters. The normalized spacial score (nSPS) is 16.3. The molecule has 2 rings (SSSR count). The number of nitrogens with zero attached hydrogens (tertiary/aromatic N) is 3. The Kier molecular flexibility index (Phi) is 3.96. The molecule has 1 aromatic carbocycles. The summed E-state index contributed by atoms with van der Waals surface area (Å²) in [4.78, 5) is 24.5. The van der Waals surface area contributed by atoms with Gasteiger partial charge in [-0.05, 0) is 5.56 Å². The second kappa shape index (κ2) is 5.66. The zero-order valence-electron chi connectivity index (χ0n) is 10.4. The van der Waals surface area contributed by atoms with Gasteiger partial charge in [-0.25, -0.2) is 4.79 Å². The fourth-order valence-corrected chi connectivity index (χ4v) is 2.12. The average Bonchev–Trinajstić information content (AvgIpc) is 2.39. The molecule has 0 aromatic heterocycles. The number of hydrogen-bond donors (Lipinski definition) is 1. The molecule has 19 heavy (non-hydrogen) atoms. The first-order valence-corrected chi connectivity index (χ1v) is 6.00. The van der Waals surface area contributed by atoms with Crippen LogP contribution in [0.15, 0.2) is 24.3 Å². The van der Waals surface area contributed by atoms with E-state index in [2.05, 4.69) is 4.90 Å². The lowest BCUT2D eigenvalue weighted by molar-refractivity contribution is -0.384. The van der Waals surface area contributed by atoms with Crippen LogP contribution in [0.1, 0.15) is 5.56 Å². The molecule has 1 fully saturated rings. The van der Waals surface area contributed by atoms with Crippen LogP contribution >= 0.6 is 0 Å². The van der Waals surface area contributed by atoms with E-state index in [0.717, 1.165) is 5.56 Å². The van der Waals surface area contributed by atoms with Crippen LogP contribution in [0, 0.1) is 10.1 Å². The zero-order valence-corrected chi connectivity index (χ0v) is 10.4. The number of nitro benzene ring substituents is 1. The van der Waals surface area contributed by atoms with E-state index in [-0.39, 0.29) is 5.69 Å². The predicted molar refractivity (Wildman–Crippen MR) is 68.0 cm³/mol. The summed E-state index contributed by atoms with van der Waals surface area (Å²) in [7, 11) is 0. The molecule has 1 amide bonds. The quantitative estimate of drug-likeness (QED) is 0.659. The van der Waals surface area contributed by atoms with Gasteiger partial charge in [-0.2, -0.15) is 0 Å². The Morgan fingerprint density at radius 3 is 2.58 bits per heavy atom. The van der Waals surface area contributed by atoms with E-state index in [1.807, 2.05) is 6.07 Å². The number of hydrogen-bond acceptors (Lipinski definition) is 4. The van der Waals surface area contributed by atoms with Gasteiger partial charge in [-0.3, -0.25) is 15.0 Å². The first-order chi connectivity index (χ1) is 9.06. The number of carboxylic acid groups (broad SMARTS) is 1. The van der Waals surface area contributed by atoms with Crippen molar-refractivity contribution in [2.24, 2.45) is 0 Å². The van der Waals surface area contributed by atoms with Crippen molar-refractivity contribution in [2.75, 3.05) is 26.2 Å². The molecule has 7 nitrogen and oxygen atoms in total. The summed E-state index contributed by atoms with van der Waals surface area (Å²) in [5, 5.41) is 19.5. The number of benzene rings is 1. The first kappa shape index (κ1) is 13.3. The third kappa shape index (κ3) is 3.41. The van der Waals surface area contributed by atoms with Crippen LogP contribution in [0.3, 0.4) is 0 Å². The Labute approximate surface area is 110 Å². The van der Waals surface area contributed by atoms with Crippen LogP contribution in [0.25, 0.3) is 0 Å². The van der Waals surface area contributed by atoms with Gasteiger partial charge in [0.15, 0.2) is 0 Å². The minimum atomic E-state index is -0.894. The van der Waals surface area contributed by atoms with Crippen molar-refractivity contribution in [1.29, 1.82) is 0 Å². The minimum Gasteiger partial charge on any atom is -0.465 e. The second-order valence-corrected chi connectivity index (χ2v) is 4.47. The average molecular weight is 265 g/mol. The fraction of sp³-hybridized carbons (Fsp3) is 0.417. The number of amides is 1. The molecule has 1 N–H and O–H groups in total. The number of rotatable bonds is 3. The molecular formula is C12H15N3O4. The molecule has 1 heterocycles. The highest BCUT2D eigenvalue weighted by molar-refractivity contribution is 5.65. The van der Waals surface area contributed by atoms with E-state index in [0.29, 0.717) is 32.7 Å². The van der Waals surface area contributed by atoms with Gasteiger partial charge < -0.3 is 10.0 Å². The third-order valence-corrected chi connectivity index (χ3v) is 3.17. The Balaban J connectivity index is 1.94. The van der Waals surface area contributed by atoms with Gasteiger partial charge in [0.1, 0.15) is 0 Å². The lowest BCUT2D eigenvalue weighted by Crippen LogP contribution is -2.47. The molecule has 1 saturated heterocycles. The summed E-state index contributed by atoms with van der Waals surface area (Å²) in [6, 6.07) is 6.53. The van der Waals surface area contributed by atoms with Crippen molar-refractivity contribution in [3.8, 4) is 0 Å². The SMILES string of the molecule is O=C(O)N1CCN(Cc2cccc([N+](=O)[O-])c2)CC1. The van der Waals surface area contributed by atoms with Gasteiger partial charge >= 0.3 is 6.09 Å². The van der Waals surface area contributed by atoms with Gasteiger partial charge in [-0.1, -0.05) is 12.1 Å². The molecule has 0 unspecified atom stereocenters. The third-order valence-electron chi connectivity index (χ3n) is 3.17. The fourth-order valence-electron chi connectivity index (χ4n) is 2.12. The largest absolute Gasteiger partial charge is 0.465 e. The molecule has 0 aliphatic carbocycles. The number of piperazine rings is 1. The summed E-state index contributed by atoms with van der Waals surface area (Å²) >= 11 is 0. The maximum atomic E-state index is 10.8. The highest BCUT2D eigenvalue weighted by atomic mass is 16.6. The summed E-state index contributed by atoms with van der Waals surface area (Å²) < 4.78 is 0. The van der Waals surface area contributed by atoms with E-state index in [1.165, 1.54) is 11.0 Å². The van der Waals surface area contributed by atoms with Crippen LogP contribution in [-0.4, -0.2) is 52.1 Å². The van der Waals surface area contributed by atoms with E-state index < -0.39 is 11.0 Å². The Hall–Kier alpha value is -2.15. The van der Waals surface area contributed by atoms with Crippen molar-refractivity contribution in [3.63, 3.8) is 0 Å². The lowest BCUT2D eigenvalue weighted by Gasteiger charge is -2.33. The van der Waals surface area contributed by atoms with E-state index >= 15 is 0 Å². The Bertz CT molecular complexity index is 484. The smallest absolute Gasteiger partial charge is 0.407 e. The van der Waals surface area contributed by atoms with Crippen molar-refractivity contribution < 1.29 is 14.8 Å². The van der Waals surface area contributed by atoms with Gasteiger partial charge in [0, 0.05) is 44.9 Å². The van der Waals surface area contributed by atoms with Crippen LogP contribution in [0.5, 0.6) is 0 Å². The Morgan fingerprint density at radius 1 is 1.32 bits per heavy atom. The van der Waals surface area contributed by atoms with Crippen molar-refractivity contribution in [1.82, 2.24) is 9.80 Å². The number of nitro groups is 1. The standard InChI is InChI=1S/C12H15N3O4/c16-12(17)14-6-4-13(5-7-14)9-10-2-1-3-11(8-10)15(18)19/h1-3,8H,4-7,9H2,(H,16,17). The summed E-state index contributed by atoms with van der Waals surface area (Å²) in [5.74, 6) is 0. The molecule has 102 valence electrons. The van der Waals surface area contributed by atoms with Gasteiger partial charge in [-0.15, -0.1) is 0 Å². The minimum absolute atomic E-state index is 0.0849. The molecule has 0 bridgehead atoms. The van der Waals surface area contributed by atoms with Crippen LogP contribution in [-0.2, 0) is 6.54 Å². The number of non-ortho nitro benzene ring substituents is 1. The first-order valence-electron chi connectivity index (χ1n) is 6.00. The van der Waals surface area contributed by atoms with Gasteiger partial charge in [0.2, 0.25) is 0 Å². The van der Waals surface area contributed by atoms with Crippen molar-refractivity contribution in [3.05, 3.63) is 39.9 Å². The highest BCUT2D eigenvalue weighted by Crippen LogP contribution is 2.15. The van der Waals surface area contributed by atoms with Gasteiger partial charge in [0.05, 0.1) is 4.92 Å². The summed E-state index contributed by atoms with van der Waals surface area (Å²) in [5.41, 5.74) is 0.958. The molecule has 7 heteroatoms. The molecule has 1 aromatic rings. The van der Waals surface area contributed by atoms with Gasteiger partial charge in [0.25, 0.3) is 5.69 Å². The maximum Gasteiger partial charge on any atom is 0.407 e. The predicted octanol–water partition coefficient (Wildman–Crippen LogP) is 1.39. The molecule has 0 spiro atoms. The van der Waals surface area contributed by atoms with E-state index in [1.54, 1.807) is 12.1 Å². The molecule has 1 aliphatic rings. The van der Waals surface area contributed by atoms with Crippen molar-refractivity contribution >= 4 is 11.8 Å². The maximum absolute atomic E-state index is 10.8. The number of carbonyl (C=O) groups is 1.